The van der Waals surface area contributed by atoms with Crippen molar-refractivity contribution < 1.29 is 13.7 Å². The van der Waals surface area contributed by atoms with Crippen molar-refractivity contribution in [3.05, 3.63) is 83.9 Å². The van der Waals surface area contributed by atoms with Crippen LogP contribution in [0.25, 0.3) is 10.4 Å². The lowest BCUT2D eigenvalue weighted by Gasteiger charge is -2.18. The van der Waals surface area contributed by atoms with Crippen LogP contribution in [0.4, 0.5) is 22.2 Å². The zero-order valence-corrected chi connectivity index (χ0v) is 21.8. The number of thiophene rings is 1. The maximum Gasteiger partial charge on any atom is 0.442 e. The number of ether oxygens (including phenoxy) is 1. The first kappa shape index (κ1) is 25.3. The number of anilines is 3. The largest absolute Gasteiger partial charge is 0.448 e. The molecule has 1 unspecified atom stereocenters. The van der Waals surface area contributed by atoms with Crippen molar-refractivity contribution in [3.63, 3.8) is 0 Å². The Bertz CT molecular complexity index is 1430. The smallest absolute Gasteiger partial charge is 0.442 e. The minimum absolute atomic E-state index is 0.0350. The fourth-order valence-corrected chi connectivity index (χ4v) is 5.28. The third kappa shape index (κ3) is 6.27. The van der Waals surface area contributed by atoms with E-state index in [4.69, 9.17) is 9.72 Å². The molecule has 36 heavy (non-hydrogen) atoms. The quantitative estimate of drug-likeness (QED) is 0.265. The molecule has 186 valence electrons. The van der Waals surface area contributed by atoms with Gasteiger partial charge in [0, 0.05) is 34.0 Å². The zero-order valence-electron chi connectivity index (χ0n) is 20.2. The van der Waals surface area contributed by atoms with Gasteiger partial charge in [-0.3, -0.25) is 0 Å². The van der Waals surface area contributed by atoms with Crippen LogP contribution >= 0.6 is 11.3 Å². The molecule has 2 aromatic heterocycles. The first-order chi connectivity index (χ1) is 17.4. The third-order valence-corrected chi connectivity index (χ3v) is 7.84. The van der Waals surface area contributed by atoms with Gasteiger partial charge in [-0.15, -0.1) is 15.7 Å². The van der Waals surface area contributed by atoms with Crippen LogP contribution in [-0.2, 0) is 14.5 Å². The molecule has 0 aliphatic rings. The first-order valence-corrected chi connectivity index (χ1v) is 14.1. The van der Waals surface area contributed by atoms with E-state index in [-0.39, 0.29) is 12.6 Å². The molecule has 0 fully saturated rings. The number of carbonyl (C=O) groups is 1. The lowest BCUT2D eigenvalue weighted by Crippen LogP contribution is -2.10. The van der Waals surface area contributed by atoms with Gasteiger partial charge in [0.2, 0.25) is 5.95 Å². The molecule has 4 rings (SSSR count). The molecular formula is C26H27N5O3S2. The molecule has 10 heteroatoms. The van der Waals surface area contributed by atoms with Crippen LogP contribution in [0.15, 0.2) is 87.6 Å². The topological polar surface area (TPSA) is 106 Å². The Morgan fingerprint density at radius 2 is 1.86 bits per heavy atom. The maximum absolute atomic E-state index is 12.8. The third-order valence-electron chi connectivity index (χ3n) is 5.29. The summed E-state index contributed by atoms with van der Waals surface area (Å²) in [5, 5.41) is 8.74. The van der Waals surface area contributed by atoms with Crippen molar-refractivity contribution >= 4 is 44.6 Å². The SMILES string of the molecule is CCOC(=O)N=S(C)(=O)c1ccc(Nc2ncc(-c3cccs3)c(N[C@H](C)c3ccccc3)n2)cc1. The van der Waals surface area contributed by atoms with E-state index in [9.17, 15) is 9.00 Å². The van der Waals surface area contributed by atoms with Gasteiger partial charge < -0.3 is 15.4 Å². The Morgan fingerprint density at radius 3 is 2.53 bits per heavy atom. The van der Waals surface area contributed by atoms with Gasteiger partial charge in [-0.25, -0.2) is 14.0 Å². The number of amides is 1. The molecule has 0 spiro atoms. The minimum atomic E-state index is -2.92. The normalized spacial score (nSPS) is 13.3. The fraction of sp³-hybridized carbons (Fsp3) is 0.192. The Hall–Kier alpha value is -3.76. The van der Waals surface area contributed by atoms with Crippen LogP contribution < -0.4 is 10.6 Å². The Labute approximate surface area is 215 Å². The van der Waals surface area contributed by atoms with Gasteiger partial charge in [-0.1, -0.05) is 36.4 Å². The van der Waals surface area contributed by atoms with Crippen molar-refractivity contribution in [2.24, 2.45) is 4.36 Å². The van der Waals surface area contributed by atoms with Crippen LogP contribution in [0.5, 0.6) is 0 Å². The molecule has 4 aromatic rings. The van der Waals surface area contributed by atoms with Gasteiger partial charge in [0.1, 0.15) is 5.82 Å². The molecule has 0 aliphatic heterocycles. The standard InChI is InChI=1S/C26H27N5O3S2/c1-4-34-26(32)31-36(3,33)21-14-12-20(13-15-21)29-25-27-17-22(23-11-8-16-35-23)24(30-25)28-18(2)19-9-6-5-7-10-19/h5-18H,4H2,1-3H3,(H2,27,28,29,30)/t18-,36?/m1/s1. The second-order valence-corrected chi connectivity index (χ2v) is 11.2. The van der Waals surface area contributed by atoms with Crippen LogP contribution in [-0.4, -0.2) is 33.1 Å². The van der Waals surface area contributed by atoms with E-state index < -0.39 is 15.8 Å². The summed E-state index contributed by atoms with van der Waals surface area (Å²) in [7, 11) is -2.92. The number of aromatic nitrogens is 2. The summed E-state index contributed by atoms with van der Waals surface area (Å²) in [5.74, 6) is 1.13. The number of carbonyl (C=O) groups excluding carboxylic acids is 1. The lowest BCUT2D eigenvalue weighted by atomic mass is 10.1. The molecule has 8 nitrogen and oxygen atoms in total. The van der Waals surface area contributed by atoms with Crippen LogP contribution in [0.3, 0.4) is 0 Å². The maximum atomic E-state index is 12.8. The summed E-state index contributed by atoms with van der Waals surface area (Å²) < 4.78 is 21.3. The number of nitrogens with zero attached hydrogens (tertiary/aromatic N) is 3. The van der Waals surface area contributed by atoms with E-state index in [1.807, 2.05) is 35.7 Å². The van der Waals surface area contributed by atoms with Gasteiger partial charge in [-0.05, 0) is 55.1 Å². The average Bonchev–Trinajstić information content (AvgIpc) is 3.40. The predicted molar refractivity (Wildman–Crippen MR) is 145 cm³/mol. The number of nitrogens with one attached hydrogen (secondary N) is 2. The van der Waals surface area contributed by atoms with Gasteiger partial charge in [0.05, 0.1) is 21.9 Å². The van der Waals surface area contributed by atoms with Crippen molar-refractivity contribution in [3.8, 4) is 10.4 Å². The van der Waals surface area contributed by atoms with Gasteiger partial charge in [0.15, 0.2) is 0 Å². The summed E-state index contributed by atoms with van der Waals surface area (Å²) in [4.78, 5) is 22.4. The first-order valence-electron chi connectivity index (χ1n) is 11.3. The van der Waals surface area contributed by atoms with E-state index in [1.165, 1.54) is 6.26 Å². The monoisotopic (exact) mass is 521 g/mol. The molecule has 2 atom stereocenters. The molecule has 2 aromatic carbocycles. The van der Waals surface area contributed by atoms with Crippen molar-refractivity contribution in [2.45, 2.75) is 24.8 Å². The molecule has 0 aliphatic carbocycles. The van der Waals surface area contributed by atoms with Crippen LogP contribution in [0.1, 0.15) is 25.5 Å². The fourth-order valence-electron chi connectivity index (χ4n) is 3.46. The Kier molecular flexibility index (Phi) is 7.97. The number of rotatable bonds is 8. The molecule has 0 radical (unpaired) electrons. The predicted octanol–water partition coefficient (Wildman–Crippen LogP) is 6.74. The van der Waals surface area contributed by atoms with E-state index in [0.29, 0.717) is 22.3 Å². The van der Waals surface area contributed by atoms with Crippen molar-refractivity contribution in [1.29, 1.82) is 0 Å². The van der Waals surface area contributed by atoms with Crippen LogP contribution in [0, 0.1) is 0 Å². The van der Waals surface area contributed by atoms with Crippen molar-refractivity contribution in [2.75, 3.05) is 23.5 Å². The summed E-state index contributed by atoms with van der Waals surface area (Å²) in [6, 6.07) is 21.0. The van der Waals surface area contributed by atoms with Gasteiger partial charge in [-0.2, -0.15) is 4.98 Å². The minimum Gasteiger partial charge on any atom is -0.448 e. The summed E-state index contributed by atoms with van der Waals surface area (Å²) in [6.45, 7) is 3.93. The summed E-state index contributed by atoms with van der Waals surface area (Å²) >= 11 is 1.62. The molecule has 2 heterocycles. The lowest BCUT2D eigenvalue weighted by molar-refractivity contribution is 0.164. The van der Waals surface area contributed by atoms with Gasteiger partial charge in [0.25, 0.3) is 0 Å². The highest BCUT2D eigenvalue weighted by atomic mass is 32.2. The number of hydrogen-bond donors (Lipinski definition) is 2. The molecule has 0 saturated carbocycles. The molecule has 2 N–H and O–H groups in total. The van der Waals surface area contributed by atoms with E-state index in [2.05, 4.69) is 39.0 Å². The molecule has 1 amide bonds. The molecule has 0 saturated heterocycles. The van der Waals surface area contributed by atoms with E-state index in [0.717, 1.165) is 16.0 Å². The highest BCUT2D eigenvalue weighted by Crippen LogP contribution is 2.33. The Morgan fingerprint density at radius 1 is 1.11 bits per heavy atom. The van der Waals surface area contributed by atoms with Gasteiger partial charge >= 0.3 is 6.09 Å². The highest BCUT2D eigenvalue weighted by Gasteiger charge is 2.15. The van der Waals surface area contributed by atoms with Crippen molar-refractivity contribution in [1.82, 2.24) is 9.97 Å². The second-order valence-electron chi connectivity index (χ2n) is 7.95. The highest BCUT2D eigenvalue weighted by molar-refractivity contribution is 7.93. The molecule has 0 bridgehead atoms. The molecular weight excluding hydrogens is 494 g/mol. The van der Waals surface area contributed by atoms with Crippen LogP contribution in [0.2, 0.25) is 0 Å². The zero-order chi connectivity index (χ0) is 25.5. The Balaban J connectivity index is 1.58. The average molecular weight is 522 g/mol. The van der Waals surface area contributed by atoms with E-state index >= 15 is 0 Å². The van der Waals surface area contributed by atoms with E-state index in [1.54, 1.807) is 48.7 Å². The summed E-state index contributed by atoms with van der Waals surface area (Å²) in [6.07, 6.45) is 2.37. The summed E-state index contributed by atoms with van der Waals surface area (Å²) in [5.41, 5.74) is 2.77. The second kappa shape index (κ2) is 11.3. The number of benzene rings is 2. The number of hydrogen-bond acceptors (Lipinski definition) is 8.